The lowest BCUT2D eigenvalue weighted by Crippen LogP contribution is -2.33. The van der Waals surface area contributed by atoms with Crippen LogP contribution in [0.4, 0.5) is 4.39 Å². The molecule has 1 aromatic carbocycles. The molecule has 0 heterocycles. The van der Waals surface area contributed by atoms with E-state index in [1.807, 2.05) is 19.0 Å². The van der Waals surface area contributed by atoms with E-state index in [0.29, 0.717) is 13.1 Å². The average molecular weight is 317 g/mol. The van der Waals surface area contributed by atoms with E-state index in [1.54, 1.807) is 6.92 Å². The predicted molar refractivity (Wildman–Crippen MR) is 81.9 cm³/mol. The third-order valence-corrected chi connectivity index (χ3v) is 5.21. The first-order valence-corrected chi connectivity index (χ1v) is 8.40. The number of sulfonamides is 1. The first kappa shape index (κ1) is 18.0. The zero-order chi connectivity index (χ0) is 16.0. The molecule has 5 nitrogen and oxygen atoms in total. The Bertz CT molecular complexity index is 561. The lowest BCUT2D eigenvalue weighted by atomic mass is 10.2. The summed E-state index contributed by atoms with van der Waals surface area (Å²) in [5.41, 5.74) is 5.64. The number of hydrogen-bond donors (Lipinski definition) is 1. The van der Waals surface area contributed by atoms with E-state index in [0.717, 1.165) is 19.0 Å². The molecule has 7 heteroatoms. The zero-order valence-electron chi connectivity index (χ0n) is 12.8. The second-order valence-electron chi connectivity index (χ2n) is 5.11. The molecule has 0 bridgehead atoms. The maximum atomic E-state index is 13.4. The van der Waals surface area contributed by atoms with Crippen molar-refractivity contribution in [2.45, 2.75) is 24.8 Å². The standard InChI is InChI=1S/C14H24FN3O2S/c1-4-18(9-5-8-17(2)3)21(19,20)13-6-7-14(15)12(10-13)11-16/h6-7,10H,4-5,8-9,11,16H2,1-3H3. The first-order chi connectivity index (χ1) is 9.82. The van der Waals surface area contributed by atoms with Gasteiger partial charge in [0.05, 0.1) is 4.90 Å². The molecule has 1 rings (SSSR count). The average Bonchev–Trinajstić information content (AvgIpc) is 2.43. The van der Waals surface area contributed by atoms with Gasteiger partial charge in [-0.2, -0.15) is 4.31 Å². The van der Waals surface area contributed by atoms with Gasteiger partial charge in [0.15, 0.2) is 0 Å². The van der Waals surface area contributed by atoms with Gasteiger partial charge < -0.3 is 10.6 Å². The maximum absolute atomic E-state index is 13.4. The van der Waals surface area contributed by atoms with Crippen molar-refractivity contribution in [2.75, 3.05) is 33.7 Å². The van der Waals surface area contributed by atoms with Gasteiger partial charge in [0.1, 0.15) is 5.82 Å². The van der Waals surface area contributed by atoms with Crippen LogP contribution in [0.15, 0.2) is 23.1 Å². The summed E-state index contributed by atoms with van der Waals surface area (Å²) in [5, 5.41) is 0. The van der Waals surface area contributed by atoms with Crippen molar-refractivity contribution in [1.29, 1.82) is 0 Å². The van der Waals surface area contributed by atoms with Crippen LogP contribution in [0.5, 0.6) is 0 Å². The van der Waals surface area contributed by atoms with Gasteiger partial charge >= 0.3 is 0 Å². The quantitative estimate of drug-likeness (QED) is 0.783. The van der Waals surface area contributed by atoms with E-state index in [4.69, 9.17) is 5.73 Å². The lowest BCUT2D eigenvalue weighted by molar-refractivity contribution is 0.356. The van der Waals surface area contributed by atoms with Crippen molar-refractivity contribution in [3.63, 3.8) is 0 Å². The van der Waals surface area contributed by atoms with Crippen LogP contribution in [-0.4, -0.2) is 51.4 Å². The molecule has 21 heavy (non-hydrogen) atoms. The molecular weight excluding hydrogens is 293 g/mol. The Morgan fingerprint density at radius 2 is 1.90 bits per heavy atom. The van der Waals surface area contributed by atoms with E-state index in [-0.39, 0.29) is 17.0 Å². The van der Waals surface area contributed by atoms with Crippen LogP contribution in [-0.2, 0) is 16.6 Å². The molecule has 0 fully saturated rings. The van der Waals surface area contributed by atoms with Crippen molar-refractivity contribution in [1.82, 2.24) is 9.21 Å². The fraction of sp³-hybridized carbons (Fsp3) is 0.571. The number of rotatable bonds is 8. The summed E-state index contributed by atoms with van der Waals surface area (Å²) in [6, 6.07) is 3.76. The molecule has 1 aromatic rings. The van der Waals surface area contributed by atoms with E-state index < -0.39 is 15.8 Å². The summed E-state index contributed by atoms with van der Waals surface area (Å²) < 4.78 is 40.0. The highest BCUT2D eigenvalue weighted by Crippen LogP contribution is 2.19. The second kappa shape index (κ2) is 7.84. The Labute approximate surface area is 126 Å². The van der Waals surface area contributed by atoms with Gasteiger partial charge in [0, 0.05) is 25.2 Å². The summed E-state index contributed by atoms with van der Waals surface area (Å²) in [6.07, 6.45) is 0.741. The third-order valence-electron chi connectivity index (χ3n) is 3.24. The van der Waals surface area contributed by atoms with Gasteiger partial charge in [-0.15, -0.1) is 0 Å². The van der Waals surface area contributed by atoms with Crippen LogP contribution in [0.25, 0.3) is 0 Å². The van der Waals surface area contributed by atoms with Crippen molar-refractivity contribution in [3.8, 4) is 0 Å². The van der Waals surface area contributed by atoms with Crippen molar-refractivity contribution in [2.24, 2.45) is 5.73 Å². The second-order valence-corrected chi connectivity index (χ2v) is 7.05. The molecule has 2 N–H and O–H groups in total. The Morgan fingerprint density at radius 1 is 1.24 bits per heavy atom. The zero-order valence-corrected chi connectivity index (χ0v) is 13.7. The molecule has 0 aliphatic heterocycles. The van der Waals surface area contributed by atoms with E-state index >= 15 is 0 Å². The molecule has 0 aliphatic carbocycles. The van der Waals surface area contributed by atoms with Crippen LogP contribution in [0.1, 0.15) is 18.9 Å². The Balaban J connectivity index is 2.96. The molecule has 0 aliphatic rings. The maximum Gasteiger partial charge on any atom is 0.243 e. The summed E-state index contributed by atoms with van der Waals surface area (Å²) in [7, 11) is 0.280. The van der Waals surface area contributed by atoms with Crippen LogP contribution >= 0.6 is 0 Å². The number of nitrogens with zero attached hydrogens (tertiary/aromatic N) is 2. The molecule has 0 spiro atoms. The van der Waals surface area contributed by atoms with Gasteiger partial charge in [0.25, 0.3) is 0 Å². The van der Waals surface area contributed by atoms with Gasteiger partial charge in [-0.05, 0) is 45.3 Å². The Kier molecular flexibility index (Phi) is 6.73. The number of benzene rings is 1. The first-order valence-electron chi connectivity index (χ1n) is 6.96. The van der Waals surface area contributed by atoms with Gasteiger partial charge in [-0.3, -0.25) is 0 Å². The van der Waals surface area contributed by atoms with Crippen LogP contribution in [0.2, 0.25) is 0 Å². The fourth-order valence-electron chi connectivity index (χ4n) is 2.03. The lowest BCUT2D eigenvalue weighted by Gasteiger charge is -2.21. The highest BCUT2D eigenvalue weighted by molar-refractivity contribution is 7.89. The highest BCUT2D eigenvalue weighted by Gasteiger charge is 2.23. The SMILES string of the molecule is CCN(CCCN(C)C)S(=O)(=O)c1ccc(F)c(CN)c1. The van der Waals surface area contributed by atoms with Crippen molar-refractivity contribution < 1.29 is 12.8 Å². The normalized spacial score (nSPS) is 12.3. The van der Waals surface area contributed by atoms with Gasteiger partial charge in [0.2, 0.25) is 10.0 Å². The summed E-state index contributed by atoms with van der Waals surface area (Å²) >= 11 is 0. The van der Waals surface area contributed by atoms with Crippen molar-refractivity contribution in [3.05, 3.63) is 29.6 Å². The van der Waals surface area contributed by atoms with E-state index in [9.17, 15) is 12.8 Å². The summed E-state index contributed by atoms with van der Waals surface area (Å²) in [5.74, 6) is -0.480. The molecule has 0 saturated carbocycles. The van der Waals surface area contributed by atoms with Crippen molar-refractivity contribution >= 4 is 10.0 Å². The Hall–Kier alpha value is -1.02. The molecule has 0 unspecified atom stereocenters. The molecule has 120 valence electrons. The van der Waals surface area contributed by atoms with Gasteiger partial charge in [-0.25, -0.2) is 12.8 Å². The molecule has 0 saturated heterocycles. The van der Waals surface area contributed by atoms with Gasteiger partial charge in [-0.1, -0.05) is 6.92 Å². The fourth-order valence-corrected chi connectivity index (χ4v) is 3.57. The third kappa shape index (κ3) is 4.74. The summed E-state index contributed by atoms with van der Waals surface area (Å²) in [4.78, 5) is 2.10. The summed E-state index contributed by atoms with van der Waals surface area (Å²) in [6.45, 7) is 3.39. The topological polar surface area (TPSA) is 66.6 Å². The van der Waals surface area contributed by atoms with E-state index in [2.05, 4.69) is 0 Å². The molecular formula is C14H24FN3O2S. The molecule has 0 amide bonds. The monoisotopic (exact) mass is 317 g/mol. The smallest absolute Gasteiger partial charge is 0.243 e. The highest BCUT2D eigenvalue weighted by atomic mass is 32.2. The molecule has 0 atom stereocenters. The predicted octanol–water partition coefficient (Wildman–Crippen LogP) is 1.25. The van der Waals surface area contributed by atoms with Crippen LogP contribution in [0, 0.1) is 5.82 Å². The minimum Gasteiger partial charge on any atom is -0.326 e. The minimum atomic E-state index is -3.61. The molecule has 0 aromatic heterocycles. The molecule has 0 radical (unpaired) electrons. The number of nitrogens with two attached hydrogens (primary N) is 1. The van der Waals surface area contributed by atoms with Crippen LogP contribution < -0.4 is 5.73 Å². The van der Waals surface area contributed by atoms with E-state index in [1.165, 1.54) is 16.4 Å². The number of hydrogen-bond acceptors (Lipinski definition) is 4. The van der Waals surface area contributed by atoms with Crippen LogP contribution in [0.3, 0.4) is 0 Å². The minimum absolute atomic E-state index is 0.0258. The number of halogens is 1. The largest absolute Gasteiger partial charge is 0.326 e. The Morgan fingerprint density at radius 3 is 2.43 bits per heavy atom.